The molecule has 7 heteroatoms. The third kappa shape index (κ3) is 3.86. The molecule has 0 saturated carbocycles. The van der Waals surface area contributed by atoms with Crippen LogP contribution in [0.1, 0.15) is 29.2 Å². The summed E-state index contributed by atoms with van der Waals surface area (Å²) in [5.41, 5.74) is 4.84. The van der Waals surface area contributed by atoms with Crippen LogP contribution >= 0.6 is 0 Å². The van der Waals surface area contributed by atoms with Crippen molar-refractivity contribution in [2.45, 2.75) is 27.3 Å². The molecule has 0 bridgehead atoms. The zero-order valence-corrected chi connectivity index (χ0v) is 19.4. The highest BCUT2D eigenvalue weighted by molar-refractivity contribution is 6.35. The second kappa shape index (κ2) is 8.56. The van der Waals surface area contributed by atoms with Crippen LogP contribution in [-0.2, 0) is 16.1 Å². The van der Waals surface area contributed by atoms with Crippen molar-refractivity contribution in [1.82, 2.24) is 14.7 Å². The van der Waals surface area contributed by atoms with E-state index in [1.165, 1.54) is 4.90 Å². The highest BCUT2D eigenvalue weighted by Gasteiger charge is 2.42. The van der Waals surface area contributed by atoms with Gasteiger partial charge in [0.1, 0.15) is 5.70 Å². The molecule has 1 saturated heterocycles. The van der Waals surface area contributed by atoms with E-state index in [1.807, 2.05) is 44.2 Å². The number of carbonyl (C=O) groups is 2. The fraction of sp³-hybridized carbons (Fsp3) is 0.385. The summed E-state index contributed by atoms with van der Waals surface area (Å²) in [5, 5.41) is 0. The van der Waals surface area contributed by atoms with Crippen LogP contribution in [0.5, 0.6) is 11.5 Å². The number of rotatable bonds is 5. The van der Waals surface area contributed by atoms with Gasteiger partial charge in [-0.25, -0.2) is 0 Å². The van der Waals surface area contributed by atoms with E-state index < -0.39 is 0 Å². The number of ether oxygens (including phenoxy) is 2. The summed E-state index contributed by atoms with van der Waals surface area (Å²) in [6, 6.07) is 11.6. The fourth-order valence-electron chi connectivity index (χ4n) is 4.85. The Balaban J connectivity index is 1.51. The van der Waals surface area contributed by atoms with Crippen molar-refractivity contribution in [2.75, 3.05) is 39.5 Å². The molecule has 5 rings (SSSR count). The average Bonchev–Trinajstić information content (AvgIpc) is 3.37. The molecule has 2 amide bonds. The van der Waals surface area contributed by atoms with Gasteiger partial charge in [-0.3, -0.25) is 14.5 Å². The molecule has 7 nitrogen and oxygen atoms in total. The second-order valence-electron chi connectivity index (χ2n) is 8.85. The van der Waals surface area contributed by atoms with Gasteiger partial charge in [-0.05, 0) is 49.2 Å². The Labute approximate surface area is 194 Å². The summed E-state index contributed by atoms with van der Waals surface area (Å²) < 4.78 is 10.9. The van der Waals surface area contributed by atoms with E-state index in [2.05, 4.69) is 22.8 Å². The molecule has 3 aliphatic heterocycles. The molecule has 0 aromatic heterocycles. The molecule has 2 aromatic carbocycles. The highest BCUT2D eigenvalue weighted by Crippen LogP contribution is 2.37. The van der Waals surface area contributed by atoms with Crippen molar-refractivity contribution in [3.63, 3.8) is 0 Å². The molecule has 3 heterocycles. The maximum atomic E-state index is 13.7. The number of hydrogen-bond acceptors (Lipinski definition) is 6. The van der Waals surface area contributed by atoms with Crippen molar-refractivity contribution in [3.05, 3.63) is 64.3 Å². The minimum Gasteiger partial charge on any atom is -0.454 e. The Kier molecular flexibility index (Phi) is 5.58. The van der Waals surface area contributed by atoms with Crippen LogP contribution < -0.4 is 9.47 Å². The van der Waals surface area contributed by atoms with E-state index in [0.29, 0.717) is 22.8 Å². The minimum absolute atomic E-state index is 0.187. The molecule has 0 unspecified atom stereocenters. The first-order chi connectivity index (χ1) is 16.0. The molecular formula is C26H29N3O4. The summed E-state index contributed by atoms with van der Waals surface area (Å²) in [4.78, 5) is 33.2. The molecule has 0 spiro atoms. The largest absolute Gasteiger partial charge is 0.454 e. The van der Waals surface area contributed by atoms with Crippen molar-refractivity contribution in [2.24, 2.45) is 0 Å². The van der Waals surface area contributed by atoms with E-state index in [1.54, 1.807) is 0 Å². The normalized spacial score (nSPS) is 18.6. The van der Waals surface area contributed by atoms with Gasteiger partial charge in [0, 0.05) is 26.2 Å². The average molecular weight is 448 g/mol. The van der Waals surface area contributed by atoms with E-state index >= 15 is 0 Å². The van der Waals surface area contributed by atoms with E-state index in [-0.39, 0.29) is 25.2 Å². The fourth-order valence-corrected chi connectivity index (χ4v) is 4.85. The molecule has 33 heavy (non-hydrogen) atoms. The third-order valence-electron chi connectivity index (χ3n) is 6.71. The maximum Gasteiger partial charge on any atom is 0.278 e. The molecular weight excluding hydrogens is 418 g/mol. The Morgan fingerprint density at radius 3 is 2.36 bits per heavy atom. The second-order valence-corrected chi connectivity index (χ2v) is 8.85. The quantitative estimate of drug-likeness (QED) is 0.657. The Morgan fingerprint density at radius 2 is 1.64 bits per heavy atom. The summed E-state index contributed by atoms with van der Waals surface area (Å²) in [6.45, 7) is 10.8. The van der Waals surface area contributed by atoms with E-state index in [9.17, 15) is 9.59 Å². The number of nitrogens with zero attached hydrogens (tertiary/aromatic N) is 3. The number of aryl methyl sites for hydroxylation is 2. The number of fused-ring (bicyclic) bond motifs is 1. The van der Waals surface area contributed by atoms with Gasteiger partial charge in [0.25, 0.3) is 11.8 Å². The number of piperazine rings is 1. The highest BCUT2D eigenvalue weighted by atomic mass is 16.7. The SMILES string of the molecule is CCN1CCN(C2=C(c3ccc(C)cc3C)C(=O)N(Cc3ccc4c(c3)OCO4)C2=O)CC1. The number of imide groups is 1. The number of benzene rings is 2. The lowest BCUT2D eigenvalue weighted by Gasteiger charge is -2.36. The van der Waals surface area contributed by atoms with Crippen molar-refractivity contribution < 1.29 is 19.1 Å². The molecule has 172 valence electrons. The van der Waals surface area contributed by atoms with Gasteiger partial charge in [-0.2, -0.15) is 0 Å². The summed E-state index contributed by atoms with van der Waals surface area (Å²) in [7, 11) is 0. The molecule has 0 radical (unpaired) electrons. The summed E-state index contributed by atoms with van der Waals surface area (Å²) in [6.07, 6.45) is 0. The van der Waals surface area contributed by atoms with Crippen LogP contribution in [0, 0.1) is 13.8 Å². The van der Waals surface area contributed by atoms with Crippen molar-refractivity contribution in [1.29, 1.82) is 0 Å². The predicted octanol–water partition coefficient (Wildman–Crippen LogP) is 2.95. The first kappa shape index (κ1) is 21.5. The number of carbonyl (C=O) groups excluding carboxylic acids is 2. The van der Waals surface area contributed by atoms with Crippen molar-refractivity contribution >= 4 is 17.4 Å². The first-order valence-corrected chi connectivity index (χ1v) is 11.5. The molecule has 0 N–H and O–H groups in total. The van der Waals surface area contributed by atoms with Crippen LogP contribution in [0.2, 0.25) is 0 Å². The summed E-state index contributed by atoms with van der Waals surface area (Å²) >= 11 is 0. The van der Waals surface area contributed by atoms with Gasteiger partial charge in [-0.1, -0.05) is 36.8 Å². The van der Waals surface area contributed by atoms with Gasteiger partial charge in [0.2, 0.25) is 6.79 Å². The van der Waals surface area contributed by atoms with Gasteiger partial charge >= 0.3 is 0 Å². The van der Waals surface area contributed by atoms with Crippen LogP contribution in [-0.4, -0.2) is 66.0 Å². The Morgan fingerprint density at radius 1 is 0.879 bits per heavy atom. The minimum atomic E-state index is -0.238. The van der Waals surface area contributed by atoms with Gasteiger partial charge in [-0.15, -0.1) is 0 Å². The summed E-state index contributed by atoms with van der Waals surface area (Å²) in [5.74, 6) is 0.863. The number of hydrogen-bond donors (Lipinski definition) is 0. The van der Waals surface area contributed by atoms with E-state index in [4.69, 9.17) is 9.47 Å². The predicted molar refractivity (Wildman–Crippen MR) is 125 cm³/mol. The van der Waals surface area contributed by atoms with Crippen LogP contribution in [0.4, 0.5) is 0 Å². The Bertz CT molecular complexity index is 1150. The lowest BCUT2D eigenvalue weighted by molar-refractivity contribution is -0.138. The van der Waals surface area contributed by atoms with Gasteiger partial charge in [0.15, 0.2) is 11.5 Å². The molecule has 3 aliphatic rings. The molecule has 0 atom stereocenters. The van der Waals surface area contributed by atoms with Crippen molar-refractivity contribution in [3.8, 4) is 11.5 Å². The topological polar surface area (TPSA) is 62.3 Å². The smallest absolute Gasteiger partial charge is 0.278 e. The van der Waals surface area contributed by atoms with E-state index in [0.717, 1.165) is 55.0 Å². The molecule has 2 aromatic rings. The molecule has 0 aliphatic carbocycles. The Hall–Kier alpha value is -3.32. The first-order valence-electron chi connectivity index (χ1n) is 11.5. The lowest BCUT2D eigenvalue weighted by Crippen LogP contribution is -2.47. The third-order valence-corrected chi connectivity index (χ3v) is 6.71. The van der Waals surface area contributed by atoms with Gasteiger partial charge < -0.3 is 19.3 Å². The zero-order valence-electron chi connectivity index (χ0n) is 19.4. The number of amides is 2. The zero-order chi connectivity index (χ0) is 23.1. The number of likely N-dealkylation sites (N-methyl/N-ethyl adjacent to an activating group) is 1. The van der Waals surface area contributed by atoms with Gasteiger partial charge in [0.05, 0.1) is 12.1 Å². The van der Waals surface area contributed by atoms with Crippen LogP contribution in [0.15, 0.2) is 42.1 Å². The van der Waals surface area contributed by atoms with Crippen LogP contribution in [0.3, 0.4) is 0 Å². The maximum absolute atomic E-state index is 13.7. The monoisotopic (exact) mass is 447 g/mol. The molecule has 1 fully saturated rings. The van der Waals surface area contributed by atoms with Crippen LogP contribution in [0.25, 0.3) is 5.57 Å². The lowest BCUT2D eigenvalue weighted by atomic mass is 9.97. The standard InChI is InChI=1S/C26H29N3O4/c1-4-27-9-11-28(12-10-27)24-23(20-7-5-17(2)13-18(20)3)25(30)29(26(24)31)15-19-6-8-21-22(14-19)33-16-32-21/h5-8,13-14H,4,9-12,15-16H2,1-3H3.